The van der Waals surface area contributed by atoms with Gasteiger partial charge in [-0.25, -0.2) is 4.68 Å². The molecule has 4 rings (SSSR count). The summed E-state index contributed by atoms with van der Waals surface area (Å²) in [6, 6.07) is 16.1. The molecule has 7 nitrogen and oxygen atoms in total. The van der Waals surface area contributed by atoms with Crippen LogP contribution in [0, 0.1) is 0 Å². The van der Waals surface area contributed by atoms with Crippen molar-refractivity contribution in [2.45, 2.75) is 19.3 Å². The van der Waals surface area contributed by atoms with Crippen molar-refractivity contribution in [3.8, 4) is 11.4 Å². The van der Waals surface area contributed by atoms with E-state index in [0.717, 1.165) is 31.6 Å². The molecule has 0 saturated carbocycles. The van der Waals surface area contributed by atoms with Crippen molar-refractivity contribution in [2.24, 2.45) is 0 Å². The molecule has 1 fully saturated rings. The lowest BCUT2D eigenvalue weighted by molar-refractivity contribution is -0.134. The van der Waals surface area contributed by atoms with Crippen LogP contribution in [-0.4, -0.2) is 46.2 Å². The van der Waals surface area contributed by atoms with Crippen molar-refractivity contribution in [2.75, 3.05) is 25.0 Å². The second kappa shape index (κ2) is 9.26. The second-order valence-electron chi connectivity index (χ2n) is 7.21. The standard InChI is InChI=1S/C23H24N4O3/c28-22(26-12-2-1-3-13-26)17-30-21-10-4-7-18(15-21)23(29)25-19-8-5-9-20(16-19)27-14-6-11-24-27/h4-11,14-16H,1-3,12-13,17H2,(H,25,29). The minimum absolute atomic E-state index is 0.0139. The Morgan fingerprint density at radius 1 is 1.00 bits per heavy atom. The molecule has 0 atom stereocenters. The fourth-order valence-electron chi connectivity index (χ4n) is 3.46. The Morgan fingerprint density at radius 3 is 2.63 bits per heavy atom. The number of carbonyl (C=O) groups is 2. The third-order valence-electron chi connectivity index (χ3n) is 5.04. The summed E-state index contributed by atoms with van der Waals surface area (Å²) >= 11 is 0. The summed E-state index contributed by atoms with van der Waals surface area (Å²) in [6.45, 7) is 1.57. The van der Waals surface area contributed by atoms with Gasteiger partial charge in [-0.05, 0) is 61.7 Å². The predicted octanol–water partition coefficient (Wildman–Crippen LogP) is 3.52. The van der Waals surface area contributed by atoms with Gasteiger partial charge in [-0.3, -0.25) is 9.59 Å². The van der Waals surface area contributed by atoms with Crippen LogP contribution in [0.3, 0.4) is 0 Å². The van der Waals surface area contributed by atoms with Crippen LogP contribution in [0.5, 0.6) is 5.75 Å². The molecule has 1 aliphatic rings. The fourth-order valence-corrected chi connectivity index (χ4v) is 3.46. The predicted molar refractivity (Wildman–Crippen MR) is 114 cm³/mol. The summed E-state index contributed by atoms with van der Waals surface area (Å²) in [7, 11) is 0. The van der Waals surface area contributed by atoms with Crippen LogP contribution in [0.1, 0.15) is 29.6 Å². The lowest BCUT2D eigenvalue weighted by Gasteiger charge is -2.26. The van der Waals surface area contributed by atoms with Crippen molar-refractivity contribution in [1.29, 1.82) is 0 Å². The van der Waals surface area contributed by atoms with Crippen molar-refractivity contribution < 1.29 is 14.3 Å². The molecule has 0 radical (unpaired) electrons. The molecule has 1 saturated heterocycles. The third kappa shape index (κ3) is 4.86. The molecule has 1 aromatic heterocycles. The third-order valence-corrected chi connectivity index (χ3v) is 5.04. The number of piperidine rings is 1. The number of benzene rings is 2. The molecule has 1 N–H and O–H groups in total. The van der Waals surface area contributed by atoms with E-state index >= 15 is 0 Å². The first-order valence-corrected chi connectivity index (χ1v) is 10.1. The van der Waals surface area contributed by atoms with Crippen LogP contribution in [-0.2, 0) is 4.79 Å². The van der Waals surface area contributed by atoms with Gasteiger partial charge in [0.2, 0.25) is 0 Å². The van der Waals surface area contributed by atoms with Gasteiger partial charge in [0, 0.05) is 36.7 Å². The van der Waals surface area contributed by atoms with Gasteiger partial charge in [-0.2, -0.15) is 5.10 Å². The van der Waals surface area contributed by atoms with E-state index in [2.05, 4.69) is 10.4 Å². The number of hydrogen-bond donors (Lipinski definition) is 1. The summed E-state index contributed by atoms with van der Waals surface area (Å²) in [5.41, 5.74) is 1.98. The van der Waals surface area contributed by atoms with Gasteiger partial charge in [0.1, 0.15) is 5.75 Å². The number of likely N-dealkylation sites (tertiary alicyclic amines) is 1. The quantitative estimate of drug-likeness (QED) is 0.682. The molecule has 2 aromatic carbocycles. The molecule has 30 heavy (non-hydrogen) atoms. The molecule has 0 bridgehead atoms. The Kier molecular flexibility index (Phi) is 6.08. The van der Waals surface area contributed by atoms with Gasteiger partial charge in [-0.15, -0.1) is 0 Å². The molecular weight excluding hydrogens is 380 g/mol. The molecule has 7 heteroatoms. The van der Waals surface area contributed by atoms with Crippen molar-refractivity contribution in [1.82, 2.24) is 14.7 Å². The fraction of sp³-hybridized carbons (Fsp3) is 0.261. The lowest BCUT2D eigenvalue weighted by Crippen LogP contribution is -2.38. The highest BCUT2D eigenvalue weighted by Gasteiger charge is 2.17. The SMILES string of the molecule is O=C(Nc1cccc(-n2cccn2)c1)c1cccc(OCC(=O)N2CCCCC2)c1. The maximum absolute atomic E-state index is 12.7. The zero-order chi connectivity index (χ0) is 20.8. The first-order chi connectivity index (χ1) is 14.7. The summed E-state index contributed by atoms with van der Waals surface area (Å²) in [4.78, 5) is 26.8. The summed E-state index contributed by atoms with van der Waals surface area (Å²) in [5, 5.41) is 7.09. The normalized spacial score (nSPS) is 13.7. The lowest BCUT2D eigenvalue weighted by atomic mass is 10.1. The maximum atomic E-state index is 12.7. The highest BCUT2D eigenvalue weighted by atomic mass is 16.5. The van der Waals surface area contributed by atoms with Crippen molar-refractivity contribution in [3.05, 3.63) is 72.6 Å². The molecule has 0 unspecified atom stereocenters. The zero-order valence-corrected chi connectivity index (χ0v) is 16.7. The Bertz CT molecular complexity index is 1010. The number of amides is 2. The van der Waals surface area contributed by atoms with E-state index in [1.54, 1.807) is 35.1 Å². The van der Waals surface area contributed by atoms with Crippen LogP contribution >= 0.6 is 0 Å². The maximum Gasteiger partial charge on any atom is 0.260 e. The van der Waals surface area contributed by atoms with E-state index in [1.807, 2.05) is 41.4 Å². The van der Waals surface area contributed by atoms with Crippen LogP contribution in [0.4, 0.5) is 5.69 Å². The van der Waals surface area contributed by atoms with E-state index in [4.69, 9.17) is 4.74 Å². The van der Waals surface area contributed by atoms with Gasteiger partial charge in [0.05, 0.1) is 5.69 Å². The topological polar surface area (TPSA) is 76.5 Å². The number of nitrogens with zero attached hydrogens (tertiary/aromatic N) is 3. The number of ether oxygens (including phenoxy) is 1. The summed E-state index contributed by atoms with van der Waals surface area (Å²) in [5.74, 6) is 0.235. The molecule has 2 heterocycles. The Balaban J connectivity index is 1.38. The second-order valence-corrected chi connectivity index (χ2v) is 7.21. The van der Waals surface area contributed by atoms with Crippen LogP contribution in [0.2, 0.25) is 0 Å². The van der Waals surface area contributed by atoms with E-state index in [0.29, 0.717) is 17.0 Å². The van der Waals surface area contributed by atoms with Crippen LogP contribution in [0.15, 0.2) is 67.0 Å². The number of rotatable bonds is 6. The van der Waals surface area contributed by atoms with Gasteiger partial charge in [0.25, 0.3) is 11.8 Å². The van der Waals surface area contributed by atoms with Gasteiger partial charge in [0.15, 0.2) is 6.61 Å². The molecule has 154 valence electrons. The number of anilines is 1. The number of hydrogen-bond acceptors (Lipinski definition) is 4. The van der Waals surface area contributed by atoms with Crippen molar-refractivity contribution >= 4 is 17.5 Å². The van der Waals surface area contributed by atoms with E-state index in [1.165, 1.54) is 6.42 Å². The van der Waals surface area contributed by atoms with E-state index < -0.39 is 0 Å². The zero-order valence-electron chi connectivity index (χ0n) is 16.7. The Morgan fingerprint density at radius 2 is 1.83 bits per heavy atom. The minimum atomic E-state index is -0.250. The number of carbonyl (C=O) groups excluding carboxylic acids is 2. The smallest absolute Gasteiger partial charge is 0.260 e. The highest BCUT2D eigenvalue weighted by Crippen LogP contribution is 2.18. The highest BCUT2D eigenvalue weighted by molar-refractivity contribution is 6.04. The molecule has 0 aliphatic carbocycles. The van der Waals surface area contributed by atoms with Gasteiger partial charge < -0.3 is 15.0 Å². The number of aromatic nitrogens is 2. The molecule has 2 amide bonds. The average Bonchev–Trinajstić information content (AvgIpc) is 3.33. The van der Waals surface area contributed by atoms with Gasteiger partial charge in [-0.1, -0.05) is 12.1 Å². The monoisotopic (exact) mass is 404 g/mol. The summed E-state index contributed by atoms with van der Waals surface area (Å²) < 4.78 is 7.37. The molecule has 1 aliphatic heterocycles. The molecular formula is C23H24N4O3. The minimum Gasteiger partial charge on any atom is -0.484 e. The van der Waals surface area contributed by atoms with Crippen molar-refractivity contribution in [3.63, 3.8) is 0 Å². The van der Waals surface area contributed by atoms with Crippen LogP contribution < -0.4 is 10.1 Å². The largest absolute Gasteiger partial charge is 0.484 e. The Hall–Kier alpha value is -3.61. The Labute approximate surface area is 175 Å². The molecule has 3 aromatic rings. The molecule has 0 spiro atoms. The number of nitrogens with one attached hydrogen (secondary N) is 1. The first kappa shape index (κ1) is 19.7. The van der Waals surface area contributed by atoms with E-state index in [9.17, 15) is 9.59 Å². The van der Waals surface area contributed by atoms with E-state index in [-0.39, 0.29) is 18.4 Å². The first-order valence-electron chi connectivity index (χ1n) is 10.1. The summed E-state index contributed by atoms with van der Waals surface area (Å²) in [6.07, 6.45) is 6.80. The average molecular weight is 404 g/mol. The van der Waals surface area contributed by atoms with Gasteiger partial charge >= 0.3 is 0 Å². The van der Waals surface area contributed by atoms with Crippen LogP contribution in [0.25, 0.3) is 5.69 Å².